The predicted molar refractivity (Wildman–Crippen MR) is 120 cm³/mol. The fraction of sp³-hybridized carbons (Fsp3) is 0.458. The molecule has 0 aromatic heterocycles. The second-order valence-electron chi connectivity index (χ2n) is 7.84. The van der Waals surface area contributed by atoms with Crippen molar-refractivity contribution in [2.75, 3.05) is 33.4 Å². The summed E-state index contributed by atoms with van der Waals surface area (Å²) in [5.74, 6) is 2.37. The summed E-state index contributed by atoms with van der Waals surface area (Å²) in [5.41, 5.74) is 2.23. The van der Waals surface area contributed by atoms with Gasteiger partial charge < -0.3 is 24.8 Å². The van der Waals surface area contributed by atoms with Gasteiger partial charge >= 0.3 is 0 Å². The van der Waals surface area contributed by atoms with Gasteiger partial charge in [0, 0.05) is 31.7 Å². The molecule has 0 bridgehead atoms. The molecule has 2 aromatic carbocycles. The molecule has 31 heavy (non-hydrogen) atoms. The first kappa shape index (κ1) is 22.9. The molecule has 0 spiro atoms. The minimum Gasteiger partial charge on any atom is -0.493 e. The minimum atomic E-state index is -0.279. The van der Waals surface area contributed by atoms with Gasteiger partial charge in [-0.2, -0.15) is 0 Å². The number of nitrogens with zero attached hydrogens (tertiary/aromatic N) is 1. The third kappa shape index (κ3) is 7.43. The molecular weight excluding hydrogens is 397 g/mol. The maximum Gasteiger partial charge on any atom is 0.191 e. The van der Waals surface area contributed by atoms with E-state index in [0.29, 0.717) is 37.3 Å². The van der Waals surface area contributed by atoms with E-state index in [4.69, 9.17) is 14.2 Å². The normalized spacial score (nSPS) is 17.3. The van der Waals surface area contributed by atoms with Crippen LogP contribution in [0.25, 0.3) is 0 Å². The predicted octanol–water partition coefficient (Wildman–Crippen LogP) is 3.68. The molecule has 2 N–H and O–H groups in total. The van der Waals surface area contributed by atoms with Crippen molar-refractivity contribution in [3.63, 3.8) is 0 Å². The van der Waals surface area contributed by atoms with Gasteiger partial charge in [-0.25, -0.2) is 4.39 Å². The number of aryl methyl sites for hydroxylation is 1. The van der Waals surface area contributed by atoms with Crippen molar-refractivity contribution in [2.45, 2.75) is 32.9 Å². The van der Waals surface area contributed by atoms with Crippen LogP contribution in [0.5, 0.6) is 11.5 Å². The van der Waals surface area contributed by atoms with Crippen LogP contribution in [-0.2, 0) is 11.3 Å². The lowest BCUT2D eigenvalue weighted by atomic mass is 10.1. The van der Waals surface area contributed by atoms with Crippen LogP contribution in [0.1, 0.15) is 24.5 Å². The van der Waals surface area contributed by atoms with Crippen molar-refractivity contribution >= 4 is 5.96 Å². The van der Waals surface area contributed by atoms with E-state index in [1.165, 1.54) is 12.1 Å². The summed E-state index contributed by atoms with van der Waals surface area (Å²) in [6.07, 6.45) is 0.935. The van der Waals surface area contributed by atoms with Gasteiger partial charge in [0.15, 0.2) is 5.96 Å². The highest BCUT2D eigenvalue weighted by molar-refractivity contribution is 5.79. The molecule has 0 aliphatic carbocycles. The van der Waals surface area contributed by atoms with E-state index in [1.54, 1.807) is 19.2 Å². The number of ether oxygens (including phenoxy) is 3. The fourth-order valence-electron chi connectivity index (χ4n) is 3.29. The van der Waals surface area contributed by atoms with E-state index >= 15 is 0 Å². The average Bonchev–Trinajstić information content (AvgIpc) is 3.28. The number of hydrogen-bond acceptors (Lipinski definition) is 4. The number of rotatable bonds is 9. The molecule has 168 valence electrons. The SMILES string of the molecule is CN=C(NCc1ccc(C)cc1OCC1CCOC1)NCC(C)Oc1ccc(F)cc1. The van der Waals surface area contributed by atoms with Crippen LogP contribution in [0.3, 0.4) is 0 Å². The summed E-state index contributed by atoms with van der Waals surface area (Å²) >= 11 is 0. The molecule has 1 fully saturated rings. The van der Waals surface area contributed by atoms with E-state index in [9.17, 15) is 4.39 Å². The van der Waals surface area contributed by atoms with Gasteiger partial charge in [0.25, 0.3) is 0 Å². The number of halogens is 1. The molecule has 1 heterocycles. The smallest absolute Gasteiger partial charge is 0.191 e. The maximum atomic E-state index is 13.0. The Morgan fingerprint density at radius 1 is 1.23 bits per heavy atom. The first-order chi connectivity index (χ1) is 15.0. The molecule has 1 aliphatic heterocycles. The summed E-state index contributed by atoms with van der Waals surface area (Å²) in [6, 6.07) is 12.2. The minimum absolute atomic E-state index is 0.115. The number of nitrogens with one attached hydrogen (secondary N) is 2. The topological polar surface area (TPSA) is 64.1 Å². The van der Waals surface area contributed by atoms with Crippen molar-refractivity contribution in [2.24, 2.45) is 10.9 Å². The summed E-state index contributed by atoms with van der Waals surface area (Å²) in [5, 5.41) is 6.59. The third-order valence-electron chi connectivity index (χ3n) is 5.10. The molecule has 1 aliphatic rings. The monoisotopic (exact) mass is 429 g/mol. The van der Waals surface area contributed by atoms with Crippen molar-refractivity contribution in [3.8, 4) is 11.5 Å². The molecule has 2 unspecified atom stereocenters. The van der Waals surface area contributed by atoms with Gasteiger partial charge in [-0.15, -0.1) is 0 Å². The molecule has 6 nitrogen and oxygen atoms in total. The Bertz CT molecular complexity index is 852. The summed E-state index contributed by atoms with van der Waals surface area (Å²) < 4.78 is 30.4. The first-order valence-electron chi connectivity index (χ1n) is 10.7. The molecule has 2 aromatic rings. The van der Waals surface area contributed by atoms with Gasteiger partial charge in [0.2, 0.25) is 0 Å². The quantitative estimate of drug-likeness (QED) is 0.470. The van der Waals surface area contributed by atoms with Crippen molar-refractivity contribution < 1.29 is 18.6 Å². The van der Waals surface area contributed by atoms with Gasteiger partial charge in [-0.3, -0.25) is 4.99 Å². The zero-order valence-corrected chi connectivity index (χ0v) is 18.5. The standard InChI is InChI=1S/C24H32FN3O3/c1-17-4-5-20(23(12-17)30-16-19-10-11-29-15-19)14-28-24(26-3)27-13-18(2)31-22-8-6-21(25)7-9-22/h4-9,12,18-19H,10-11,13-16H2,1-3H3,(H2,26,27,28). The molecule has 1 saturated heterocycles. The average molecular weight is 430 g/mol. The Morgan fingerprint density at radius 3 is 2.74 bits per heavy atom. The van der Waals surface area contributed by atoms with E-state index in [-0.39, 0.29) is 11.9 Å². The Morgan fingerprint density at radius 2 is 2.03 bits per heavy atom. The van der Waals surface area contributed by atoms with Crippen LogP contribution in [-0.4, -0.2) is 45.5 Å². The van der Waals surface area contributed by atoms with E-state index in [0.717, 1.165) is 36.5 Å². The Hall–Kier alpha value is -2.80. The molecule has 2 atom stereocenters. The highest BCUT2D eigenvalue weighted by atomic mass is 19.1. The van der Waals surface area contributed by atoms with E-state index < -0.39 is 0 Å². The fourth-order valence-corrected chi connectivity index (χ4v) is 3.29. The summed E-state index contributed by atoms with van der Waals surface area (Å²) in [7, 11) is 1.73. The molecule has 0 amide bonds. The second kappa shape index (κ2) is 11.6. The molecule has 7 heteroatoms. The van der Waals surface area contributed by atoms with E-state index in [1.807, 2.05) is 6.92 Å². The summed E-state index contributed by atoms with van der Waals surface area (Å²) in [6.45, 7) is 7.41. The lowest BCUT2D eigenvalue weighted by Crippen LogP contribution is -2.41. The van der Waals surface area contributed by atoms with Crippen LogP contribution >= 0.6 is 0 Å². The van der Waals surface area contributed by atoms with Crippen molar-refractivity contribution in [3.05, 3.63) is 59.4 Å². The zero-order chi connectivity index (χ0) is 22.1. The lowest BCUT2D eigenvalue weighted by Gasteiger charge is -2.19. The van der Waals surface area contributed by atoms with Gasteiger partial charge in [-0.05, 0) is 56.2 Å². The van der Waals surface area contributed by atoms with Crippen LogP contribution < -0.4 is 20.1 Å². The Balaban J connectivity index is 1.48. The van der Waals surface area contributed by atoms with Gasteiger partial charge in [0.1, 0.15) is 23.4 Å². The Kier molecular flexibility index (Phi) is 8.53. The van der Waals surface area contributed by atoms with Crippen LogP contribution in [0.2, 0.25) is 0 Å². The van der Waals surface area contributed by atoms with Crippen LogP contribution in [0.4, 0.5) is 4.39 Å². The van der Waals surface area contributed by atoms with Gasteiger partial charge in [-0.1, -0.05) is 12.1 Å². The van der Waals surface area contributed by atoms with Gasteiger partial charge in [0.05, 0.1) is 19.8 Å². The first-order valence-corrected chi connectivity index (χ1v) is 10.7. The molecule has 0 radical (unpaired) electrons. The maximum absolute atomic E-state index is 13.0. The highest BCUT2D eigenvalue weighted by Crippen LogP contribution is 2.22. The second-order valence-corrected chi connectivity index (χ2v) is 7.84. The van der Waals surface area contributed by atoms with Crippen LogP contribution in [0, 0.1) is 18.7 Å². The van der Waals surface area contributed by atoms with E-state index in [2.05, 4.69) is 40.7 Å². The number of benzene rings is 2. The number of hydrogen-bond donors (Lipinski definition) is 2. The Labute approximate surface area is 183 Å². The number of aliphatic imine (C=N–C) groups is 1. The summed E-state index contributed by atoms with van der Waals surface area (Å²) in [4.78, 5) is 4.28. The molecule has 0 saturated carbocycles. The van der Waals surface area contributed by atoms with Crippen molar-refractivity contribution in [1.29, 1.82) is 0 Å². The highest BCUT2D eigenvalue weighted by Gasteiger charge is 2.17. The lowest BCUT2D eigenvalue weighted by molar-refractivity contribution is 0.166. The largest absolute Gasteiger partial charge is 0.493 e. The van der Waals surface area contributed by atoms with Crippen molar-refractivity contribution in [1.82, 2.24) is 10.6 Å². The molecular formula is C24H32FN3O3. The molecule has 3 rings (SSSR count). The zero-order valence-electron chi connectivity index (χ0n) is 18.5. The van der Waals surface area contributed by atoms with Crippen LogP contribution in [0.15, 0.2) is 47.5 Å². The number of guanidine groups is 1. The third-order valence-corrected chi connectivity index (χ3v) is 5.10.